The molecule has 0 spiro atoms. The van der Waals surface area contributed by atoms with Gasteiger partial charge < -0.3 is 10.6 Å². The monoisotopic (exact) mass is 298 g/mol. The summed E-state index contributed by atoms with van der Waals surface area (Å²) in [6, 6.07) is 19.3. The van der Waals surface area contributed by atoms with E-state index in [9.17, 15) is 4.79 Å². The maximum atomic E-state index is 12.6. The summed E-state index contributed by atoms with van der Waals surface area (Å²) < 4.78 is 0. The second kappa shape index (κ2) is 7.55. The Bertz CT molecular complexity index is 599. The van der Waals surface area contributed by atoms with E-state index in [1.807, 2.05) is 60.7 Å². The van der Waals surface area contributed by atoms with Crippen molar-refractivity contribution in [2.75, 3.05) is 11.4 Å². The van der Waals surface area contributed by atoms with Crippen LogP contribution in [-0.2, 0) is 11.2 Å². The second-order valence-electron chi connectivity index (χ2n) is 4.76. The molecule has 0 saturated carbocycles. The van der Waals surface area contributed by atoms with E-state index in [1.54, 1.807) is 4.90 Å². The summed E-state index contributed by atoms with van der Waals surface area (Å²) in [7, 11) is 0. The fourth-order valence-corrected chi connectivity index (χ4v) is 2.18. The van der Waals surface area contributed by atoms with Gasteiger partial charge in [-0.15, -0.1) is 0 Å². The van der Waals surface area contributed by atoms with Crippen LogP contribution >= 0.6 is 12.2 Å². The van der Waals surface area contributed by atoms with Gasteiger partial charge in [0.2, 0.25) is 5.91 Å². The maximum absolute atomic E-state index is 12.6. The van der Waals surface area contributed by atoms with Crippen molar-refractivity contribution in [3.8, 4) is 0 Å². The predicted molar refractivity (Wildman–Crippen MR) is 90.3 cm³/mol. The zero-order valence-corrected chi connectivity index (χ0v) is 12.6. The molecule has 2 aromatic carbocycles. The van der Waals surface area contributed by atoms with Gasteiger partial charge in [0.1, 0.15) is 0 Å². The van der Waals surface area contributed by atoms with Crippen LogP contribution in [0.3, 0.4) is 0 Å². The number of hydrogen-bond donors (Lipinski definition) is 1. The van der Waals surface area contributed by atoms with E-state index in [0.29, 0.717) is 24.4 Å². The first kappa shape index (κ1) is 15.2. The highest BCUT2D eigenvalue weighted by molar-refractivity contribution is 7.80. The number of thiocarbonyl (C=S) groups is 1. The Hall–Kier alpha value is -2.20. The summed E-state index contributed by atoms with van der Waals surface area (Å²) in [6.07, 6.45) is 0.887. The number of anilines is 1. The molecule has 1 amide bonds. The van der Waals surface area contributed by atoms with Crippen molar-refractivity contribution in [3.63, 3.8) is 0 Å². The highest BCUT2D eigenvalue weighted by Crippen LogP contribution is 2.15. The molecule has 108 valence electrons. The molecule has 2 aromatic rings. The summed E-state index contributed by atoms with van der Waals surface area (Å²) in [5.41, 5.74) is 7.43. The molecule has 21 heavy (non-hydrogen) atoms. The number of benzene rings is 2. The summed E-state index contributed by atoms with van der Waals surface area (Å²) in [6.45, 7) is 0.505. The second-order valence-corrected chi connectivity index (χ2v) is 5.28. The molecule has 3 nitrogen and oxygen atoms in total. The van der Waals surface area contributed by atoms with Gasteiger partial charge in [0.25, 0.3) is 0 Å². The van der Waals surface area contributed by atoms with Crippen LogP contribution in [0.2, 0.25) is 0 Å². The Morgan fingerprint density at radius 2 is 1.57 bits per heavy atom. The van der Waals surface area contributed by atoms with E-state index in [2.05, 4.69) is 0 Å². The molecule has 0 aliphatic rings. The van der Waals surface area contributed by atoms with Gasteiger partial charge in [-0.2, -0.15) is 0 Å². The first-order valence-corrected chi connectivity index (χ1v) is 7.25. The number of nitrogens with zero attached hydrogens (tertiary/aromatic N) is 1. The molecule has 0 bridgehead atoms. The number of carbonyl (C=O) groups is 1. The number of rotatable bonds is 6. The normalized spacial score (nSPS) is 10.1. The van der Waals surface area contributed by atoms with E-state index in [0.717, 1.165) is 11.3 Å². The van der Waals surface area contributed by atoms with E-state index < -0.39 is 0 Å². The van der Waals surface area contributed by atoms with Gasteiger partial charge in [0.05, 0.1) is 11.4 Å². The van der Waals surface area contributed by atoms with Crippen LogP contribution in [0.15, 0.2) is 60.7 Å². The van der Waals surface area contributed by atoms with Crippen molar-refractivity contribution in [2.24, 2.45) is 5.73 Å². The van der Waals surface area contributed by atoms with Crippen molar-refractivity contribution < 1.29 is 4.79 Å². The van der Waals surface area contributed by atoms with Crippen LogP contribution in [0, 0.1) is 0 Å². The molecule has 2 rings (SSSR count). The number of nitrogens with two attached hydrogens (primary N) is 1. The first-order valence-electron chi connectivity index (χ1n) is 6.84. The summed E-state index contributed by atoms with van der Waals surface area (Å²) in [5, 5.41) is 0. The van der Waals surface area contributed by atoms with Gasteiger partial charge >= 0.3 is 0 Å². The maximum Gasteiger partial charge on any atom is 0.231 e. The van der Waals surface area contributed by atoms with E-state index in [-0.39, 0.29) is 5.91 Å². The topological polar surface area (TPSA) is 46.3 Å². The quantitative estimate of drug-likeness (QED) is 0.834. The zero-order chi connectivity index (χ0) is 15.1. The highest BCUT2D eigenvalue weighted by Gasteiger charge is 2.16. The number of hydrogen-bond acceptors (Lipinski definition) is 2. The van der Waals surface area contributed by atoms with Gasteiger partial charge in [-0.1, -0.05) is 60.7 Å². The smallest absolute Gasteiger partial charge is 0.231 e. The Kier molecular flexibility index (Phi) is 5.46. The Morgan fingerprint density at radius 3 is 2.14 bits per heavy atom. The lowest BCUT2D eigenvalue weighted by Crippen LogP contribution is -2.34. The van der Waals surface area contributed by atoms with Gasteiger partial charge in [0, 0.05) is 18.7 Å². The van der Waals surface area contributed by atoms with E-state index in [1.165, 1.54) is 0 Å². The minimum atomic E-state index is 0.0450. The number of amides is 1. The van der Waals surface area contributed by atoms with Gasteiger partial charge in [-0.05, 0) is 17.7 Å². The van der Waals surface area contributed by atoms with Crippen LogP contribution in [0.25, 0.3) is 0 Å². The van der Waals surface area contributed by atoms with Gasteiger partial charge in [0.15, 0.2) is 0 Å². The molecule has 0 aromatic heterocycles. The van der Waals surface area contributed by atoms with E-state index >= 15 is 0 Å². The lowest BCUT2D eigenvalue weighted by molar-refractivity contribution is -0.118. The molecule has 0 aliphatic heterocycles. The van der Waals surface area contributed by atoms with Crippen LogP contribution in [-0.4, -0.2) is 17.4 Å². The number of carbonyl (C=O) groups excluding carboxylic acids is 1. The summed E-state index contributed by atoms with van der Waals surface area (Å²) >= 11 is 4.92. The van der Waals surface area contributed by atoms with Crippen molar-refractivity contribution in [1.29, 1.82) is 0 Å². The third-order valence-corrected chi connectivity index (χ3v) is 3.35. The predicted octanol–water partition coefficient (Wildman–Crippen LogP) is 2.94. The lowest BCUT2D eigenvalue weighted by Gasteiger charge is -2.22. The molecular formula is C17H18N2OS. The third kappa shape index (κ3) is 4.68. The van der Waals surface area contributed by atoms with Crippen LogP contribution < -0.4 is 10.6 Å². The molecular weight excluding hydrogens is 280 g/mol. The van der Waals surface area contributed by atoms with Crippen LogP contribution in [0.5, 0.6) is 0 Å². The molecule has 0 aliphatic carbocycles. The molecule has 0 radical (unpaired) electrons. The van der Waals surface area contributed by atoms with Crippen molar-refractivity contribution >= 4 is 28.8 Å². The Labute approximate surface area is 130 Å². The molecule has 0 fully saturated rings. The average molecular weight is 298 g/mol. The SMILES string of the molecule is NC(=S)CCN(C(=O)Cc1ccccc1)c1ccccc1. The highest BCUT2D eigenvalue weighted by atomic mass is 32.1. The fraction of sp³-hybridized carbons (Fsp3) is 0.176. The lowest BCUT2D eigenvalue weighted by atomic mass is 10.1. The first-order chi connectivity index (χ1) is 10.2. The fourth-order valence-electron chi connectivity index (χ4n) is 2.09. The molecule has 0 atom stereocenters. The Balaban J connectivity index is 2.14. The summed E-state index contributed by atoms with van der Waals surface area (Å²) in [5.74, 6) is 0.0450. The van der Waals surface area contributed by atoms with Crippen molar-refractivity contribution in [1.82, 2.24) is 0 Å². The van der Waals surface area contributed by atoms with Crippen molar-refractivity contribution in [3.05, 3.63) is 66.2 Å². The van der Waals surface area contributed by atoms with Crippen molar-refractivity contribution in [2.45, 2.75) is 12.8 Å². The minimum absolute atomic E-state index is 0.0450. The molecule has 0 heterocycles. The molecule has 0 saturated heterocycles. The summed E-state index contributed by atoms with van der Waals surface area (Å²) in [4.78, 5) is 14.7. The Morgan fingerprint density at radius 1 is 1.00 bits per heavy atom. The number of para-hydroxylation sites is 1. The minimum Gasteiger partial charge on any atom is -0.393 e. The molecule has 0 unspecified atom stereocenters. The van der Waals surface area contributed by atoms with Crippen LogP contribution in [0.4, 0.5) is 5.69 Å². The molecule has 2 N–H and O–H groups in total. The largest absolute Gasteiger partial charge is 0.393 e. The van der Waals surface area contributed by atoms with Gasteiger partial charge in [-0.25, -0.2) is 0 Å². The zero-order valence-electron chi connectivity index (χ0n) is 11.7. The van der Waals surface area contributed by atoms with E-state index in [4.69, 9.17) is 18.0 Å². The van der Waals surface area contributed by atoms with Gasteiger partial charge in [-0.3, -0.25) is 4.79 Å². The third-order valence-electron chi connectivity index (χ3n) is 3.15. The average Bonchev–Trinajstić information content (AvgIpc) is 2.49. The van der Waals surface area contributed by atoms with Crippen LogP contribution in [0.1, 0.15) is 12.0 Å². The molecule has 4 heteroatoms. The standard InChI is InChI=1S/C17H18N2OS/c18-16(21)11-12-19(15-9-5-2-6-10-15)17(20)13-14-7-3-1-4-8-14/h1-10H,11-13H2,(H2,18,21).